The van der Waals surface area contributed by atoms with Crippen LogP contribution in [0.2, 0.25) is 0 Å². The second-order valence-electron chi connectivity index (χ2n) is 6.68. The summed E-state index contributed by atoms with van der Waals surface area (Å²) in [7, 11) is 0. The van der Waals surface area contributed by atoms with Crippen molar-refractivity contribution < 1.29 is 14.3 Å². The molecule has 6 heteroatoms. The van der Waals surface area contributed by atoms with Crippen LogP contribution in [0.15, 0.2) is 53.3 Å². The molecule has 1 unspecified atom stereocenters. The SMILES string of the molecule is O=C(CCCOc1cccc(Br)c1)N(Cc1cccnc1)CC1CCCO1. The molecule has 2 heterocycles. The molecular formula is C21H25BrN2O3. The van der Waals surface area contributed by atoms with E-state index in [-0.39, 0.29) is 12.0 Å². The molecule has 1 fully saturated rings. The van der Waals surface area contributed by atoms with Crippen molar-refractivity contribution >= 4 is 21.8 Å². The summed E-state index contributed by atoms with van der Waals surface area (Å²) in [5, 5.41) is 0. The standard InChI is InChI=1S/C21H25BrN2O3/c22-18-6-1-7-19(13-18)26-12-4-9-21(25)24(16-20-8-3-11-27-20)15-17-5-2-10-23-14-17/h1-2,5-7,10,13-14,20H,3-4,8-9,11-12,15-16H2. The van der Waals surface area contributed by atoms with Crippen LogP contribution in [0.4, 0.5) is 0 Å². The Kier molecular flexibility index (Phi) is 7.66. The molecule has 144 valence electrons. The number of hydrogen-bond acceptors (Lipinski definition) is 4. The summed E-state index contributed by atoms with van der Waals surface area (Å²) in [6.07, 6.45) is 6.93. The molecule has 1 aromatic heterocycles. The highest BCUT2D eigenvalue weighted by molar-refractivity contribution is 9.10. The van der Waals surface area contributed by atoms with Crippen molar-refractivity contribution in [3.05, 3.63) is 58.8 Å². The van der Waals surface area contributed by atoms with Gasteiger partial charge in [-0.05, 0) is 49.1 Å². The molecule has 0 spiro atoms. The van der Waals surface area contributed by atoms with Crippen LogP contribution in [0, 0.1) is 0 Å². The molecule has 0 N–H and O–H groups in total. The van der Waals surface area contributed by atoms with Gasteiger partial charge in [-0.1, -0.05) is 28.1 Å². The molecule has 1 aromatic carbocycles. The van der Waals surface area contributed by atoms with Gasteiger partial charge < -0.3 is 14.4 Å². The van der Waals surface area contributed by atoms with Crippen LogP contribution in [0.1, 0.15) is 31.2 Å². The molecule has 27 heavy (non-hydrogen) atoms. The van der Waals surface area contributed by atoms with Gasteiger partial charge in [0.15, 0.2) is 0 Å². The Labute approximate surface area is 168 Å². The highest BCUT2D eigenvalue weighted by Gasteiger charge is 2.22. The lowest BCUT2D eigenvalue weighted by Gasteiger charge is -2.25. The largest absolute Gasteiger partial charge is 0.494 e. The Balaban J connectivity index is 1.50. The third-order valence-corrected chi connectivity index (χ3v) is 4.99. The third kappa shape index (κ3) is 6.63. The van der Waals surface area contributed by atoms with Crippen molar-refractivity contribution in [2.24, 2.45) is 0 Å². The summed E-state index contributed by atoms with van der Waals surface area (Å²) < 4.78 is 12.4. The Morgan fingerprint density at radius 3 is 3.00 bits per heavy atom. The van der Waals surface area contributed by atoms with Crippen molar-refractivity contribution in [1.29, 1.82) is 0 Å². The van der Waals surface area contributed by atoms with E-state index in [0.29, 0.717) is 32.5 Å². The van der Waals surface area contributed by atoms with Crippen LogP contribution in [0.5, 0.6) is 5.75 Å². The average molecular weight is 433 g/mol. The third-order valence-electron chi connectivity index (χ3n) is 4.50. The molecule has 2 aromatic rings. The lowest BCUT2D eigenvalue weighted by atomic mass is 10.2. The fourth-order valence-electron chi connectivity index (χ4n) is 3.13. The van der Waals surface area contributed by atoms with Crippen LogP contribution in [-0.2, 0) is 16.1 Å². The first-order valence-corrected chi connectivity index (χ1v) is 10.2. The first-order valence-electron chi connectivity index (χ1n) is 9.37. The molecule has 1 aliphatic heterocycles. The second-order valence-corrected chi connectivity index (χ2v) is 7.60. The number of carbonyl (C=O) groups is 1. The van der Waals surface area contributed by atoms with Crippen LogP contribution < -0.4 is 4.74 Å². The topological polar surface area (TPSA) is 51.7 Å². The maximum atomic E-state index is 12.8. The number of hydrogen-bond donors (Lipinski definition) is 0. The molecule has 3 rings (SSSR count). The summed E-state index contributed by atoms with van der Waals surface area (Å²) >= 11 is 3.43. The van der Waals surface area contributed by atoms with E-state index >= 15 is 0 Å². The van der Waals surface area contributed by atoms with E-state index in [1.54, 1.807) is 6.20 Å². The molecule has 0 saturated carbocycles. The number of halogens is 1. The summed E-state index contributed by atoms with van der Waals surface area (Å²) in [5.74, 6) is 0.940. The van der Waals surface area contributed by atoms with Crippen LogP contribution in [-0.4, -0.2) is 41.7 Å². The van der Waals surface area contributed by atoms with Gasteiger partial charge in [0.25, 0.3) is 0 Å². The van der Waals surface area contributed by atoms with Crippen molar-refractivity contribution in [3.8, 4) is 5.75 Å². The van der Waals surface area contributed by atoms with Gasteiger partial charge in [0.05, 0.1) is 12.7 Å². The zero-order valence-electron chi connectivity index (χ0n) is 15.4. The number of amides is 1. The smallest absolute Gasteiger partial charge is 0.223 e. The fourth-order valence-corrected chi connectivity index (χ4v) is 3.51. The molecular weight excluding hydrogens is 408 g/mol. The zero-order valence-corrected chi connectivity index (χ0v) is 16.9. The van der Waals surface area contributed by atoms with Crippen molar-refractivity contribution in [2.45, 2.75) is 38.3 Å². The molecule has 1 saturated heterocycles. The average Bonchev–Trinajstić information content (AvgIpc) is 3.19. The number of aromatic nitrogens is 1. The van der Waals surface area contributed by atoms with Crippen molar-refractivity contribution in [2.75, 3.05) is 19.8 Å². The second kappa shape index (κ2) is 10.4. The molecule has 0 aliphatic carbocycles. The minimum atomic E-state index is 0.132. The van der Waals surface area contributed by atoms with E-state index in [4.69, 9.17) is 9.47 Å². The highest BCUT2D eigenvalue weighted by Crippen LogP contribution is 2.19. The number of carbonyl (C=O) groups excluding carboxylic acids is 1. The van der Waals surface area contributed by atoms with Crippen LogP contribution in [0.25, 0.3) is 0 Å². The van der Waals surface area contributed by atoms with Crippen molar-refractivity contribution in [3.63, 3.8) is 0 Å². The monoisotopic (exact) mass is 432 g/mol. The van der Waals surface area contributed by atoms with Gasteiger partial charge in [-0.25, -0.2) is 0 Å². The van der Waals surface area contributed by atoms with Gasteiger partial charge in [-0.3, -0.25) is 9.78 Å². The quantitative estimate of drug-likeness (QED) is 0.556. The highest BCUT2D eigenvalue weighted by atomic mass is 79.9. The zero-order chi connectivity index (χ0) is 18.9. The summed E-state index contributed by atoms with van der Waals surface area (Å²) in [4.78, 5) is 18.8. The van der Waals surface area contributed by atoms with Crippen LogP contribution in [0.3, 0.4) is 0 Å². The van der Waals surface area contributed by atoms with Gasteiger partial charge in [0, 0.05) is 43.0 Å². The molecule has 1 aliphatic rings. The molecule has 0 bridgehead atoms. The fraction of sp³-hybridized carbons (Fsp3) is 0.429. The lowest BCUT2D eigenvalue weighted by molar-refractivity contribution is -0.133. The first kappa shape index (κ1) is 19.8. The summed E-state index contributed by atoms with van der Waals surface area (Å²) in [6, 6.07) is 11.6. The first-order chi connectivity index (χ1) is 13.2. The minimum Gasteiger partial charge on any atom is -0.494 e. The molecule has 5 nitrogen and oxygen atoms in total. The maximum absolute atomic E-state index is 12.8. The van der Waals surface area contributed by atoms with E-state index < -0.39 is 0 Å². The van der Waals surface area contributed by atoms with Gasteiger partial charge >= 0.3 is 0 Å². The van der Waals surface area contributed by atoms with Gasteiger partial charge in [-0.2, -0.15) is 0 Å². The minimum absolute atomic E-state index is 0.132. The lowest BCUT2D eigenvalue weighted by Crippen LogP contribution is -2.37. The maximum Gasteiger partial charge on any atom is 0.223 e. The van der Waals surface area contributed by atoms with E-state index in [1.807, 2.05) is 47.5 Å². The predicted octanol–water partition coefficient (Wildman–Crippen LogP) is 4.21. The Morgan fingerprint density at radius 2 is 2.26 bits per heavy atom. The van der Waals surface area contributed by atoms with Gasteiger partial charge in [-0.15, -0.1) is 0 Å². The number of benzene rings is 1. The van der Waals surface area contributed by atoms with Gasteiger partial charge in [0.2, 0.25) is 5.91 Å². The van der Waals surface area contributed by atoms with E-state index in [0.717, 1.165) is 35.2 Å². The number of rotatable bonds is 9. The number of nitrogens with zero attached hydrogens (tertiary/aromatic N) is 2. The van der Waals surface area contributed by atoms with Crippen LogP contribution >= 0.6 is 15.9 Å². The van der Waals surface area contributed by atoms with Crippen molar-refractivity contribution in [1.82, 2.24) is 9.88 Å². The van der Waals surface area contributed by atoms with Gasteiger partial charge in [0.1, 0.15) is 5.75 Å². The van der Waals surface area contributed by atoms with E-state index in [2.05, 4.69) is 20.9 Å². The Bertz CT molecular complexity index is 720. The van der Waals surface area contributed by atoms with E-state index in [9.17, 15) is 4.79 Å². The molecule has 0 radical (unpaired) electrons. The number of ether oxygens (including phenoxy) is 2. The Morgan fingerprint density at radius 1 is 1.33 bits per heavy atom. The Hall–Kier alpha value is -1.92. The normalized spacial score (nSPS) is 16.3. The number of pyridine rings is 1. The predicted molar refractivity (Wildman–Crippen MR) is 107 cm³/mol. The summed E-state index contributed by atoms with van der Waals surface area (Å²) in [5.41, 5.74) is 1.04. The summed E-state index contributed by atoms with van der Waals surface area (Å²) in [6.45, 7) is 2.52. The van der Waals surface area contributed by atoms with E-state index in [1.165, 1.54) is 0 Å². The molecule has 1 atom stereocenters. The molecule has 1 amide bonds.